The lowest BCUT2D eigenvalue weighted by Crippen LogP contribution is -2.25. The number of carbonyl (C=O) groups is 2. The number of fused-ring (bicyclic) bond motifs is 1. The zero-order chi connectivity index (χ0) is 19.3. The number of hydrogen-bond acceptors (Lipinski definition) is 7. The first-order valence-electron chi connectivity index (χ1n) is 8.96. The molecule has 8 heteroatoms. The molecule has 28 heavy (non-hydrogen) atoms. The van der Waals surface area contributed by atoms with Gasteiger partial charge in [0, 0.05) is 13.1 Å². The van der Waals surface area contributed by atoms with Gasteiger partial charge < -0.3 is 10.1 Å². The molecule has 0 aliphatic carbocycles. The fourth-order valence-electron chi connectivity index (χ4n) is 2.90. The number of aromatic nitrogens is 1. The molecule has 2 aromatic carbocycles. The number of nitrogens with zero attached hydrogens (tertiary/aromatic N) is 1. The van der Waals surface area contributed by atoms with Gasteiger partial charge in [0.05, 0.1) is 15.5 Å². The van der Waals surface area contributed by atoms with Gasteiger partial charge in [-0.25, -0.2) is 4.98 Å². The van der Waals surface area contributed by atoms with Gasteiger partial charge in [-0.1, -0.05) is 36.0 Å². The highest BCUT2D eigenvalue weighted by Crippen LogP contribution is 2.24. The van der Waals surface area contributed by atoms with Gasteiger partial charge in [-0.2, -0.15) is 0 Å². The Bertz CT molecular complexity index is 955. The van der Waals surface area contributed by atoms with Crippen molar-refractivity contribution in [2.24, 2.45) is 0 Å². The number of thiazole rings is 1. The molecular weight excluding hydrogens is 394 g/mol. The van der Waals surface area contributed by atoms with E-state index in [0.717, 1.165) is 46.7 Å². The molecule has 0 bridgehead atoms. The largest absolute Gasteiger partial charge is 0.492 e. The van der Waals surface area contributed by atoms with Crippen LogP contribution in [0.4, 0.5) is 4.79 Å². The van der Waals surface area contributed by atoms with Crippen molar-refractivity contribution in [1.29, 1.82) is 0 Å². The number of hydrogen-bond donors (Lipinski definition) is 2. The van der Waals surface area contributed by atoms with Crippen molar-refractivity contribution in [1.82, 2.24) is 15.6 Å². The van der Waals surface area contributed by atoms with Gasteiger partial charge in [-0.05, 0) is 36.2 Å². The average Bonchev–Trinajstić information content (AvgIpc) is 3.24. The predicted molar refractivity (Wildman–Crippen MR) is 112 cm³/mol. The molecule has 1 saturated heterocycles. The molecular formula is C20H19N3O3S2. The van der Waals surface area contributed by atoms with Crippen LogP contribution in [0.15, 0.2) is 48.5 Å². The van der Waals surface area contributed by atoms with Crippen LogP contribution in [0.25, 0.3) is 10.2 Å². The smallest absolute Gasteiger partial charge is 0.286 e. The number of thioether (sulfide) groups is 1. The topological polar surface area (TPSA) is 80.3 Å². The van der Waals surface area contributed by atoms with Crippen molar-refractivity contribution in [2.45, 2.75) is 18.2 Å². The lowest BCUT2D eigenvalue weighted by molar-refractivity contribution is -0.118. The van der Waals surface area contributed by atoms with E-state index in [-0.39, 0.29) is 16.4 Å². The van der Waals surface area contributed by atoms with E-state index in [0.29, 0.717) is 13.0 Å². The van der Waals surface area contributed by atoms with E-state index in [4.69, 9.17) is 4.74 Å². The van der Waals surface area contributed by atoms with Crippen molar-refractivity contribution in [3.63, 3.8) is 0 Å². The van der Waals surface area contributed by atoms with Gasteiger partial charge in [0.25, 0.3) is 5.24 Å². The third-order valence-electron chi connectivity index (χ3n) is 4.27. The van der Waals surface area contributed by atoms with Gasteiger partial charge in [0.15, 0.2) is 0 Å². The lowest BCUT2D eigenvalue weighted by atomic mass is 10.1. The second-order valence-electron chi connectivity index (χ2n) is 6.33. The minimum absolute atomic E-state index is 0.213. The van der Waals surface area contributed by atoms with Crippen LogP contribution >= 0.6 is 23.1 Å². The van der Waals surface area contributed by atoms with Crippen molar-refractivity contribution in [2.75, 3.05) is 13.2 Å². The van der Waals surface area contributed by atoms with Gasteiger partial charge in [-0.3, -0.25) is 14.9 Å². The summed E-state index contributed by atoms with van der Waals surface area (Å²) in [6.45, 7) is 2.00. The van der Waals surface area contributed by atoms with Crippen molar-refractivity contribution < 1.29 is 14.3 Å². The molecule has 1 unspecified atom stereocenters. The van der Waals surface area contributed by atoms with E-state index in [1.165, 1.54) is 4.70 Å². The van der Waals surface area contributed by atoms with Crippen LogP contribution in [0.2, 0.25) is 0 Å². The number of imide groups is 1. The second kappa shape index (κ2) is 8.72. The maximum Gasteiger partial charge on any atom is 0.286 e. The summed E-state index contributed by atoms with van der Waals surface area (Å²) in [5.74, 6) is 0.569. The summed E-state index contributed by atoms with van der Waals surface area (Å²) < 4.78 is 6.95. The van der Waals surface area contributed by atoms with Crippen molar-refractivity contribution in [3.05, 3.63) is 59.1 Å². The van der Waals surface area contributed by atoms with Crippen LogP contribution in [0, 0.1) is 0 Å². The SMILES string of the molecule is O=C1NC(=O)C(Cc2ccc(OCCNCc3nc4ccccc4s3)cc2)S1. The molecule has 0 spiro atoms. The van der Waals surface area contributed by atoms with Gasteiger partial charge in [0.1, 0.15) is 17.4 Å². The third kappa shape index (κ3) is 4.70. The van der Waals surface area contributed by atoms with E-state index >= 15 is 0 Å². The van der Waals surface area contributed by atoms with Crippen LogP contribution in [0.5, 0.6) is 5.75 Å². The number of benzene rings is 2. The summed E-state index contributed by atoms with van der Waals surface area (Å²) >= 11 is 2.75. The van der Waals surface area contributed by atoms with E-state index in [1.807, 2.05) is 42.5 Å². The molecule has 3 aromatic rings. The molecule has 1 aliphatic heterocycles. The summed E-state index contributed by atoms with van der Waals surface area (Å²) in [5.41, 5.74) is 2.04. The first-order chi connectivity index (χ1) is 13.7. The van der Waals surface area contributed by atoms with Gasteiger partial charge >= 0.3 is 0 Å². The first-order valence-corrected chi connectivity index (χ1v) is 10.7. The Kier molecular flexibility index (Phi) is 5.90. The minimum Gasteiger partial charge on any atom is -0.492 e. The molecule has 2 N–H and O–H groups in total. The number of nitrogens with one attached hydrogen (secondary N) is 2. The molecule has 0 saturated carbocycles. The summed E-state index contributed by atoms with van der Waals surface area (Å²) in [7, 11) is 0. The predicted octanol–water partition coefficient (Wildman–Crippen LogP) is 3.36. The lowest BCUT2D eigenvalue weighted by Gasteiger charge is -2.09. The summed E-state index contributed by atoms with van der Waals surface area (Å²) in [4.78, 5) is 27.4. The average molecular weight is 414 g/mol. The third-order valence-corrected chi connectivity index (χ3v) is 6.29. The van der Waals surface area contributed by atoms with Crippen LogP contribution in [0.1, 0.15) is 10.6 Å². The molecule has 1 aromatic heterocycles. The highest BCUT2D eigenvalue weighted by atomic mass is 32.2. The highest BCUT2D eigenvalue weighted by Gasteiger charge is 2.31. The summed E-state index contributed by atoms with van der Waals surface area (Å²) in [6, 6.07) is 15.8. The number of carbonyl (C=O) groups excluding carboxylic acids is 2. The molecule has 6 nitrogen and oxygen atoms in total. The van der Waals surface area contributed by atoms with Gasteiger partial charge in [0.2, 0.25) is 5.91 Å². The molecule has 0 radical (unpaired) electrons. The van der Waals surface area contributed by atoms with Gasteiger partial charge in [-0.15, -0.1) is 11.3 Å². The van der Waals surface area contributed by atoms with Crippen LogP contribution < -0.4 is 15.4 Å². The number of rotatable bonds is 8. The van der Waals surface area contributed by atoms with E-state index < -0.39 is 0 Å². The Morgan fingerprint density at radius 3 is 2.68 bits per heavy atom. The Balaban J connectivity index is 1.19. The Morgan fingerprint density at radius 1 is 1.11 bits per heavy atom. The van der Waals surface area contributed by atoms with E-state index in [2.05, 4.69) is 21.7 Å². The summed E-state index contributed by atoms with van der Waals surface area (Å²) in [5, 5.41) is 6.11. The van der Waals surface area contributed by atoms with E-state index in [9.17, 15) is 9.59 Å². The summed E-state index contributed by atoms with van der Waals surface area (Å²) in [6.07, 6.45) is 0.534. The number of amides is 2. The minimum atomic E-state index is -0.342. The standard InChI is InChI=1S/C20H19N3O3S2/c24-19-17(28-20(25)23-19)11-13-5-7-14(8-6-13)26-10-9-21-12-18-22-15-3-1-2-4-16(15)27-18/h1-8,17,21H,9-12H2,(H,23,24,25). The van der Waals surface area contributed by atoms with Crippen molar-refractivity contribution >= 4 is 44.5 Å². The maximum atomic E-state index is 11.6. The Labute approximate surface area is 170 Å². The number of ether oxygens (including phenoxy) is 1. The maximum absolute atomic E-state index is 11.6. The first kappa shape index (κ1) is 18.9. The molecule has 2 heterocycles. The Hall–Kier alpha value is -2.42. The zero-order valence-corrected chi connectivity index (χ0v) is 16.6. The van der Waals surface area contributed by atoms with E-state index in [1.54, 1.807) is 11.3 Å². The zero-order valence-electron chi connectivity index (χ0n) is 15.0. The normalized spacial score (nSPS) is 16.5. The molecule has 2 amide bonds. The monoisotopic (exact) mass is 413 g/mol. The fraction of sp³-hybridized carbons (Fsp3) is 0.250. The fourth-order valence-corrected chi connectivity index (χ4v) is 4.69. The molecule has 1 fully saturated rings. The number of para-hydroxylation sites is 1. The highest BCUT2D eigenvalue weighted by molar-refractivity contribution is 8.15. The second-order valence-corrected chi connectivity index (χ2v) is 8.62. The van der Waals surface area contributed by atoms with Crippen LogP contribution in [0.3, 0.4) is 0 Å². The molecule has 1 atom stereocenters. The van der Waals surface area contributed by atoms with Crippen LogP contribution in [-0.4, -0.2) is 34.5 Å². The molecule has 144 valence electrons. The van der Waals surface area contributed by atoms with Crippen molar-refractivity contribution in [3.8, 4) is 5.75 Å². The Morgan fingerprint density at radius 2 is 1.93 bits per heavy atom. The molecule has 1 aliphatic rings. The molecule has 4 rings (SSSR count). The van der Waals surface area contributed by atoms with Crippen LogP contribution in [-0.2, 0) is 17.8 Å². The quantitative estimate of drug-likeness (QED) is 0.551.